The predicted octanol–water partition coefficient (Wildman–Crippen LogP) is 3.81. The SMILES string of the molecule is C=CCCCOC(=O)[C@@H]1[C@@H]2CCC3(S2)C(C(=O)N(CC=C)C(C)(C)CC(C)(C)C)N(CCO)C(=O)[C@H]13. The number of carbonyl (C=O) groups excluding carboxylic acids is 3. The highest BCUT2D eigenvalue weighted by molar-refractivity contribution is 8.02. The molecule has 3 aliphatic heterocycles. The lowest BCUT2D eigenvalue weighted by atomic mass is 9.71. The smallest absolute Gasteiger partial charge is 0.310 e. The summed E-state index contributed by atoms with van der Waals surface area (Å²) in [6.45, 7) is 18.6. The zero-order chi connectivity index (χ0) is 26.9. The van der Waals surface area contributed by atoms with Gasteiger partial charge in [-0.2, -0.15) is 0 Å². The number of likely N-dealkylation sites (tertiary alicyclic amines) is 1. The molecule has 2 unspecified atom stereocenters. The van der Waals surface area contributed by atoms with Crippen molar-refractivity contribution in [3.63, 3.8) is 0 Å². The molecule has 3 aliphatic rings. The van der Waals surface area contributed by atoms with Crippen molar-refractivity contribution in [1.29, 1.82) is 0 Å². The van der Waals surface area contributed by atoms with Crippen molar-refractivity contribution in [2.24, 2.45) is 17.3 Å². The monoisotopic (exact) mass is 520 g/mol. The Balaban J connectivity index is 1.96. The quantitative estimate of drug-likeness (QED) is 0.239. The van der Waals surface area contributed by atoms with Gasteiger partial charge >= 0.3 is 5.97 Å². The molecule has 8 heteroatoms. The molecule has 3 heterocycles. The Kier molecular flexibility index (Phi) is 8.71. The number of unbranched alkanes of at least 4 members (excludes halogenated alkanes) is 1. The van der Waals surface area contributed by atoms with E-state index in [1.165, 1.54) is 0 Å². The summed E-state index contributed by atoms with van der Waals surface area (Å²) >= 11 is 1.62. The number of nitrogens with zero attached hydrogens (tertiary/aromatic N) is 2. The van der Waals surface area contributed by atoms with Crippen LogP contribution in [0.25, 0.3) is 0 Å². The minimum absolute atomic E-state index is 0.0126. The van der Waals surface area contributed by atoms with Crippen molar-refractivity contribution in [2.45, 2.75) is 88.3 Å². The molecule has 5 atom stereocenters. The van der Waals surface area contributed by atoms with Gasteiger partial charge in [0.05, 0.1) is 29.8 Å². The number of hydrogen-bond donors (Lipinski definition) is 1. The second-order valence-electron chi connectivity index (χ2n) is 12.2. The van der Waals surface area contributed by atoms with Crippen LogP contribution in [0.15, 0.2) is 25.3 Å². The third-order valence-electron chi connectivity index (χ3n) is 7.72. The van der Waals surface area contributed by atoms with E-state index in [0.717, 1.165) is 19.3 Å². The van der Waals surface area contributed by atoms with Crippen LogP contribution in [0, 0.1) is 17.3 Å². The standard InChI is InChI=1S/C28H44N2O5S/c1-8-10-11-17-35-25(34)20-19-12-13-28(36-19)21(20)23(32)29(15-16-31)22(28)24(33)30(14-9-2)27(6,7)18-26(3,4)5/h8-9,19-22,31H,1-2,10-18H2,3-7H3/t19-,20+,21-,22?,28?/m0/s1. The fourth-order valence-electron chi connectivity index (χ4n) is 6.85. The minimum atomic E-state index is -0.727. The molecule has 3 saturated heterocycles. The van der Waals surface area contributed by atoms with Gasteiger partial charge in [-0.25, -0.2) is 0 Å². The molecule has 1 N–H and O–H groups in total. The van der Waals surface area contributed by atoms with E-state index >= 15 is 0 Å². The van der Waals surface area contributed by atoms with Crippen LogP contribution in [0.5, 0.6) is 0 Å². The highest BCUT2D eigenvalue weighted by Gasteiger charge is 2.74. The lowest BCUT2D eigenvalue weighted by Gasteiger charge is -2.46. The van der Waals surface area contributed by atoms with E-state index in [1.807, 2.05) is 4.90 Å². The van der Waals surface area contributed by atoms with E-state index in [0.29, 0.717) is 26.0 Å². The van der Waals surface area contributed by atoms with Crippen LogP contribution in [0.3, 0.4) is 0 Å². The van der Waals surface area contributed by atoms with E-state index in [-0.39, 0.29) is 41.6 Å². The molecule has 0 aliphatic carbocycles. The van der Waals surface area contributed by atoms with Crippen LogP contribution < -0.4 is 0 Å². The van der Waals surface area contributed by atoms with Crippen LogP contribution in [0.1, 0.15) is 66.7 Å². The van der Waals surface area contributed by atoms with Crippen molar-refractivity contribution >= 4 is 29.5 Å². The fourth-order valence-corrected chi connectivity index (χ4v) is 9.05. The number of rotatable bonds is 12. The molecule has 0 radical (unpaired) electrons. The summed E-state index contributed by atoms with van der Waals surface area (Å²) in [6.07, 6.45) is 7.20. The highest BCUT2D eigenvalue weighted by Crippen LogP contribution is 2.66. The maximum Gasteiger partial charge on any atom is 0.310 e. The number of hydrogen-bond acceptors (Lipinski definition) is 6. The Morgan fingerprint density at radius 2 is 1.94 bits per heavy atom. The Bertz CT molecular complexity index is 882. The topological polar surface area (TPSA) is 87.2 Å². The van der Waals surface area contributed by atoms with Gasteiger partial charge in [0.2, 0.25) is 11.8 Å². The van der Waals surface area contributed by atoms with Crippen LogP contribution in [-0.2, 0) is 19.1 Å². The van der Waals surface area contributed by atoms with Crippen LogP contribution in [0.2, 0.25) is 0 Å². The summed E-state index contributed by atoms with van der Waals surface area (Å²) in [5, 5.41) is 9.79. The maximum absolute atomic E-state index is 14.4. The number of aliphatic hydroxyl groups is 1. The van der Waals surface area contributed by atoms with Crippen molar-refractivity contribution < 1.29 is 24.2 Å². The second-order valence-corrected chi connectivity index (χ2v) is 13.8. The number of fused-ring (bicyclic) bond motifs is 1. The molecule has 2 bridgehead atoms. The van der Waals surface area contributed by atoms with Gasteiger partial charge < -0.3 is 19.6 Å². The fraction of sp³-hybridized carbons (Fsp3) is 0.750. The molecule has 1 spiro atoms. The van der Waals surface area contributed by atoms with Gasteiger partial charge in [-0.1, -0.05) is 32.9 Å². The van der Waals surface area contributed by atoms with E-state index < -0.39 is 28.2 Å². The summed E-state index contributed by atoms with van der Waals surface area (Å²) in [7, 11) is 0. The summed E-state index contributed by atoms with van der Waals surface area (Å²) in [5.41, 5.74) is -0.488. The summed E-state index contributed by atoms with van der Waals surface area (Å²) < 4.78 is 4.91. The average Bonchev–Trinajstić information content (AvgIpc) is 3.41. The number of esters is 1. The van der Waals surface area contributed by atoms with E-state index in [1.54, 1.807) is 28.8 Å². The molecule has 3 rings (SSSR count). The Morgan fingerprint density at radius 3 is 2.53 bits per heavy atom. The molecule has 0 aromatic rings. The largest absolute Gasteiger partial charge is 0.465 e. The van der Waals surface area contributed by atoms with Gasteiger partial charge in [0, 0.05) is 23.9 Å². The van der Waals surface area contributed by atoms with Gasteiger partial charge in [0.15, 0.2) is 0 Å². The number of carbonyl (C=O) groups is 3. The highest BCUT2D eigenvalue weighted by atomic mass is 32.2. The molecule has 3 fully saturated rings. The van der Waals surface area contributed by atoms with Gasteiger partial charge in [0.1, 0.15) is 6.04 Å². The van der Waals surface area contributed by atoms with Crippen LogP contribution >= 0.6 is 11.8 Å². The van der Waals surface area contributed by atoms with E-state index in [4.69, 9.17) is 4.74 Å². The number of thioether (sulfide) groups is 1. The molecule has 0 aromatic carbocycles. The molecule has 36 heavy (non-hydrogen) atoms. The molecular formula is C28H44N2O5S. The zero-order valence-corrected chi connectivity index (χ0v) is 23.4. The van der Waals surface area contributed by atoms with Gasteiger partial charge in [-0.15, -0.1) is 24.9 Å². The molecule has 2 amide bonds. The van der Waals surface area contributed by atoms with Crippen molar-refractivity contribution in [3.8, 4) is 0 Å². The van der Waals surface area contributed by atoms with E-state index in [2.05, 4.69) is 47.8 Å². The first-order chi connectivity index (χ1) is 16.8. The summed E-state index contributed by atoms with van der Waals surface area (Å²) in [4.78, 5) is 44.8. The van der Waals surface area contributed by atoms with Crippen molar-refractivity contribution in [1.82, 2.24) is 9.80 Å². The molecule has 0 saturated carbocycles. The third-order valence-corrected chi connectivity index (χ3v) is 9.67. The second kappa shape index (κ2) is 10.9. The van der Waals surface area contributed by atoms with Crippen molar-refractivity contribution in [3.05, 3.63) is 25.3 Å². The number of amides is 2. The lowest BCUT2D eigenvalue weighted by Crippen LogP contribution is -2.60. The van der Waals surface area contributed by atoms with Crippen molar-refractivity contribution in [2.75, 3.05) is 26.3 Å². The Labute approximate surface area is 220 Å². The maximum atomic E-state index is 14.4. The lowest BCUT2D eigenvalue weighted by molar-refractivity contribution is -0.154. The van der Waals surface area contributed by atoms with Crippen LogP contribution in [0.4, 0.5) is 0 Å². The molecular weight excluding hydrogens is 476 g/mol. The molecule has 7 nitrogen and oxygen atoms in total. The number of β-amino-alcohol motifs (C(OH)–C–C–N with tert-alkyl or cyclic N) is 1. The average molecular weight is 521 g/mol. The van der Waals surface area contributed by atoms with Gasteiger partial charge in [-0.05, 0) is 51.4 Å². The first kappa shape index (κ1) is 28.8. The Hall–Kier alpha value is -1.80. The summed E-state index contributed by atoms with van der Waals surface area (Å²) in [6, 6.07) is -0.727. The zero-order valence-electron chi connectivity index (χ0n) is 22.6. The number of allylic oxidation sites excluding steroid dienone is 1. The third kappa shape index (κ3) is 5.26. The van der Waals surface area contributed by atoms with Crippen LogP contribution in [-0.4, -0.2) is 80.6 Å². The summed E-state index contributed by atoms with van der Waals surface area (Å²) in [5.74, 6) is -1.84. The number of ether oxygens (including phenoxy) is 1. The predicted molar refractivity (Wildman–Crippen MR) is 143 cm³/mol. The van der Waals surface area contributed by atoms with Gasteiger partial charge in [0.25, 0.3) is 0 Å². The normalized spacial score (nSPS) is 29.3. The molecule has 202 valence electrons. The Morgan fingerprint density at radius 1 is 1.25 bits per heavy atom. The van der Waals surface area contributed by atoms with E-state index in [9.17, 15) is 19.5 Å². The molecule has 0 aromatic heterocycles. The minimum Gasteiger partial charge on any atom is -0.465 e. The first-order valence-corrected chi connectivity index (χ1v) is 14.0. The number of aliphatic hydroxyl groups excluding tert-OH is 1. The first-order valence-electron chi connectivity index (χ1n) is 13.1. The van der Waals surface area contributed by atoms with Gasteiger partial charge in [-0.3, -0.25) is 14.4 Å².